The van der Waals surface area contributed by atoms with E-state index in [2.05, 4.69) is 10.6 Å². The van der Waals surface area contributed by atoms with Crippen molar-refractivity contribution in [1.82, 2.24) is 10.6 Å². The molecule has 0 bridgehead atoms. The van der Waals surface area contributed by atoms with Gasteiger partial charge in [0, 0.05) is 13.1 Å². The molecular formula is C16H24N2O3. The molecule has 1 aromatic carbocycles. The molecule has 1 atom stereocenters. The van der Waals surface area contributed by atoms with Gasteiger partial charge in [-0.25, -0.2) is 0 Å². The van der Waals surface area contributed by atoms with Crippen molar-refractivity contribution in [2.75, 3.05) is 26.3 Å². The third-order valence-corrected chi connectivity index (χ3v) is 3.36. The summed E-state index contributed by atoms with van der Waals surface area (Å²) in [6, 6.07) is 7.85. The van der Waals surface area contributed by atoms with Crippen LogP contribution in [0.5, 0.6) is 5.75 Å². The predicted octanol–water partition coefficient (Wildman–Crippen LogP) is 1.26. The molecule has 1 aliphatic heterocycles. The van der Waals surface area contributed by atoms with E-state index in [1.807, 2.05) is 45.0 Å². The molecule has 1 aliphatic rings. The number of morpholine rings is 1. The minimum atomic E-state index is -0.458. The number of hydrogen-bond donors (Lipinski definition) is 2. The third-order valence-electron chi connectivity index (χ3n) is 3.36. The van der Waals surface area contributed by atoms with Crippen LogP contribution < -0.4 is 15.4 Å². The van der Waals surface area contributed by atoms with Gasteiger partial charge in [0.15, 0.2) is 0 Å². The van der Waals surface area contributed by atoms with Gasteiger partial charge < -0.3 is 20.1 Å². The van der Waals surface area contributed by atoms with Crippen molar-refractivity contribution in [2.24, 2.45) is 0 Å². The Morgan fingerprint density at radius 2 is 2.24 bits per heavy atom. The monoisotopic (exact) mass is 292 g/mol. The lowest BCUT2D eigenvalue weighted by molar-refractivity contribution is -0.136. The van der Waals surface area contributed by atoms with Crippen LogP contribution in [0.1, 0.15) is 19.4 Å². The summed E-state index contributed by atoms with van der Waals surface area (Å²) in [6.45, 7) is 8.22. The molecule has 1 unspecified atom stereocenters. The van der Waals surface area contributed by atoms with Crippen LogP contribution >= 0.6 is 0 Å². The zero-order chi connectivity index (χ0) is 15.3. The van der Waals surface area contributed by atoms with Gasteiger partial charge in [0.2, 0.25) is 0 Å². The molecule has 5 heteroatoms. The molecule has 0 spiro atoms. The summed E-state index contributed by atoms with van der Waals surface area (Å²) in [6.07, 6.45) is -0.420. The number of rotatable bonds is 5. The molecule has 1 amide bonds. The first-order chi connectivity index (χ1) is 9.98. The number of ether oxygens (including phenoxy) is 2. The van der Waals surface area contributed by atoms with E-state index in [1.54, 1.807) is 0 Å². The maximum Gasteiger partial charge on any atom is 0.250 e. The molecule has 1 fully saturated rings. The molecule has 1 heterocycles. The molecule has 0 saturated carbocycles. The fraction of sp³-hybridized carbons (Fsp3) is 0.562. The first-order valence-electron chi connectivity index (χ1n) is 7.31. The Balaban J connectivity index is 1.86. The molecule has 0 aromatic heterocycles. The average molecular weight is 292 g/mol. The fourth-order valence-corrected chi connectivity index (χ4v) is 2.16. The molecule has 21 heavy (non-hydrogen) atoms. The third kappa shape index (κ3) is 4.72. The van der Waals surface area contributed by atoms with Crippen LogP contribution in [-0.4, -0.2) is 43.9 Å². The molecule has 2 rings (SSSR count). The standard InChI is InChI=1S/C16H24N2O3/c1-12-6-4-5-7-13(12)21-11-16(2,3)18-15(19)14-10-17-8-9-20-14/h4-7,14,17H,8-11H2,1-3H3,(H,18,19). The lowest BCUT2D eigenvalue weighted by Crippen LogP contribution is -2.55. The fourth-order valence-electron chi connectivity index (χ4n) is 2.16. The second kappa shape index (κ2) is 6.91. The van der Waals surface area contributed by atoms with E-state index in [0.717, 1.165) is 17.9 Å². The van der Waals surface area contributed by atoms with E-state index in [0.29, 0.717) is 19.8 Å². The zero-order valence-electron chi connectivity index (χ0n) is 12.9. The SMILES string of the molecule is Cc1ccccc1OCC(C)(C)NC(=O)C1CNCCO1. The summed E-state index contributed by atoms with van der Waals surface area (Å²) in [7, 11) is 0. The van der Waals surface area contributed by atoms with Gasteiger partial charge in [-0.1, -0.05) is 18.2 Å². The summed E-state index contributed by atoms with van der Waals surface area (Å²) in [5.74, 6) is 0.746. The molecule has 2 N–H and O–H groups in total. The van der Waals surface area contributed by atoms with Gasteiger partial charge in [-0.05, 0) is 32.4 Å². The Bertz CT molecular complexity index is 482. The van der Waals surface area contributed by atoms with Crippen molar-refractivity contribution in [2.45, 2.75) is 32.4 Å². The number of nitrogens with one attached hydrogen (secondary N) is 2. The van der Waals surface area contributed by atoms with Gasteiger partial charge in [0.05, 0.1) is 12.1 Å². The number of hydrogen-bond acceptors (Lipinski definition) is 4. The Kier molecular flexibility index (Phi) is 5.20. The van der Waals surface area contributed by atoms with Crippen molar-refractivity contribution in [1.29, 1.82) is 0 Å². The number of amides is 1. The van der Waals surface area contributed by atoms with E-state index in [-0.39, 0.29) is 5.91 Å². The first-order valence-corrected chi connectivity index (χ1v) is 7.31. The molecule has 1 aromatic rings. The van der Waals surface area contributed by atoms with E-state index >= 15 is 0 Å². The topological polar surface area (TPSA) is 59.6 Å². The molecular weight excluding hydrogens is 268 g/mol. The molecule has 116 valence electrons. The summed E-state index contributed by atoms with van der Waals surface area (Å²) in [5.41, 5.74) is 0.625. The van der Waals surface area contributed by atoms with Gasteiger partial charge in [-0.2, -0.15) is 0 Å². The molecule has 5 nitrogen and oxygen atoms in total. The minimum Gasteiger partial charge on any atom is -0.491 e. The van der Waals surface area contributed by atoms with E-state index < -0.39 is 11.6 Å². The van der Waals surface area contributed by atoms with Crippen LogP contribution in [0.15, 0.2) is 24.3 Å². The lowest BCUT2D eigenvalue weighted by Gasteiger charge is -2.30. The number of carbonyl (C=O) groups excluding carboxylic acids is 1. The van der Waals surface area contributed by atoms with Crippen molar-refractivity contribution in [3.05, 3.63) is 29.8 Å². The predicted molar refractivity (Wildman–Crippen MR) is 81.5 cm³/mol. The van der Waals surface area contributed by atoms with Gasteiger partial charge in [-0.15, -0.1) is 0 Å². The largest absolute Gasteiger partial charge is 0.491 e. The van der Waals surface area contributed by atoms with Crippen LogP contribution in [0.4, 0.5) is 0 Å². The normalized spacial score (nSPS) is 19.1. The number of para-hydroxylation sites is 1. The summed E-state index contributed by atoms with van der Waals surface area (Å²) in [4.78, 5) is 12.2. The van der Waals surface area contributed by atoms with Crippen LogP contribution in [0, 0.1) is 6.92 Å². The lowest BCUT2D eigenvalue weighted by atomic mass is 10.1. The first kappa shape index (κ1) is 15.8. The van der Waals surface area contributed by atoms with Gasteiger partial charge in [-0.3, -0.25) is 4.79 Å². The molecule has 1 saturated heterocycles. The minimum absolute atomic E-state index is 0.0967. The second-order valence-corrected chi connectivity index (χ2v) is 5.99. The summed E-state index contributed by atoms with van der Waals surface area (Å²) < 4.78 is 11.3. The maximum absolute atomic E-state index is 12.2. The quantitative estimate of drug-likeness (QED) is 0.858. The van der Waals surface area contributed by atoms with Gasteiger partial charge in [0.1, 0.15) is 18.5 Å². The number of benzene rings is 1. The van der Waals surface area contributed by atoms with Crippen LogP contribution in [0.25, 0.3) is 0 Å². The van der Waals surface area contributed by atoms with Crippen LogP contribution in [-0.2, 0) is 9.53 Å². The van der Waals surface area contributed by atoms with Crippen molar-refractivity contribution in [3.63, 3.8) is 0 Å². The highest BCUT2D eigenvalue weighted by atomic mass is 16.5. The number of aryl methyl sites for hydroxylation is 1. The van der Waals surface area contributed by atoms with Crippen LogP contribution in [0.2, 0.25) is 0 Å². The number of carbonyl (C=O) groups is 1. The Morgan fingerprint density at radius 3 is 2.90 bits per heavy atom. The van der Waals surface area contributed by atoms with Crippen molar-refractivity contribution >= 4 is 5.91 Å². The summed E-state index contributed by atoms with van der Waals surface area (Å²) in [5, 5.41) is 6.14. The van der Waals surface area contributed by atoms with Crippen molar-refractivity contribution in [3.8, 4) is 5.75 Å². The highest BCUT2D eigenvalue weighted by molar-refractivity contribution is 5.81. The van der Waals surface area contributed by atoms with E-state index in [9.17, 15) is 4.79 Å². The van der Waals surface area contributed by atoms with Crippen molar-refractivity contribution < 1.29 is 14.3 Å². The second-order valence-electron chi connectivity index (χ2n) is 5.99. The zero-order valence-corrected chi connectivity index (χ0v) is 12.9. The molecule has 0 radical (unpaired) electrons. The highest BCUT2D eigenvalue weighted by Gasteiger charge is 2.28. The van der Waals surface area contributed by atoms with Crippen LogP contribution in [0.3, 0.4) is 0 Å². The van der Waals surface area contributed by atoms with Gasteiger partial charge >= 0.3 is 0 Å². The Morgan fingerprint density at radius 1 is 1.48 bits per heavy atom. The molecule has 0 aliphatic carbocycles. The van der Waals surface area contributed by atoms with Gasteiger partial charge in [0.25, 0.3) is 5.91 Å². The average Bonchev–Trinajstić information content (AvgIpc) is 2.47. The highest BCUT2D eigenvalue weighted by Crippen LogP contribution is 2.18. The smallest absolute Gasteiger partial charge is 0.250 e. The summed E-state index contributed by atoms with van der Waals surface area (Å²) >= 11 is 0. The Labute approximate surface area is 126 Å². The maximum atomic E-state index is 12.2. The van der Waals surface area contributed by atoms with E-state index in [4.69, 9.17) is 9.47 Å². The Hall–Kier alpha value is -1.59. The van der Waals surface area contributed by atoms with E-state index in [1.165, 1.54) is 0 Å².